The zero-order chi connectivity index (χ0) is 8.55. The van der Waals surface area contributed by atoms with Gasteiger partial charge in [-0.25, -0.2) is 0 Å². The van der Waals surface area contributed by atoms with E-state index in [4.69, 9.17) is 0 Å². The summed E-state index contributed by atoms with van der Waals surface area (Å²) in [6.45, 7) is 0. The lowest BCUT2D eigenvalue weighted by Gasteiger charge is -2.14. The first-order valence-electron chi connectivity index (χ1n) is 3.48. The highest BCUT2D eigenvalue weighted by Crippen LogP contribution is 2.16. The van der Waals surface area contributed by atoms with E-state index in [2.05, 4.69) is 0 Å². The predicted octanol–water partition coefficient (Wildman–Crippen LogP) is 0.853. The van der Waals surface area contributed by atoms with Crippen LogP contribution in [0.15, 0.2) is 36.8 Å². The molecule has 2 aliphatic heterocycles. The van der Waals surface area contributed by atoms with E-state index in [0.29, 0.717) is 14.9 Å². The monoisotopic (exact) mass is 162 g/mol. The zero-order valence-electron chi connectivity index (χ0n) is 6.18. The van der Waals surface area contributed by atoms with Crippen molar-refractivity contribution in [3.8, 4) is 11.3 Å². The number of fused-ring (bicyclic) bond motifs is 1. The Morgan fingerprint density at radius 2 is 2.25 bits per heavy atom. The van der Waals surface area contributed by atoms with Gasteiger partial charge in [0.1, 0.15) is 5.69 Å². The summed E-state index contributed by atoms with van der Waals surface area (Å²) in [5, 5.41) is 11.1. The highest BCUT2D eigenvalue weighted by molar-refractivity contribution is 5.58. The van der Waals surface area contributed by atoms with E-state index >= 15 is 0 Å². The smallest absolute Gasteiger partial charge is 0.251 e. The average molecular weight is 162 g/mol. The molecule has 0 aromatic heterocycles. The van der Waals surface area contributed by atoms with Crippen molar-refractivity contribution < 1.29 is 4.43 Å². The maximum absolute atomic E-state index is 11.1. The summed E-state index contributed by atoms with van der Waals surface area (Å²) in [5.74, 6) is 0. The van der Waals surface area contributed by atoms with E-state index in [9.17, 15) is 10.1 Å². The standard InChI is InChI=1S/C8H6N2O2/c11-9-5-3-7-2-1-4-10(12)8(7)6-9/h1-6H. The number of pyridine rings is 2. The molecule has 60 valence electrons. The summed E-state index contributed by atoms with van der Waals surface area (Å²) in [4.78, 5) is 10.8. The van der Waals surface area contributed by atoms with Gasteiger partial charge in [-0.05, 0) is 12.3 Å². The summed E-state index contributed by atoms with van der Waals surface area (Å²) in [5.41, 5.74) is 1.15. The molecule has 0 aromatic carbocycles. The molecule has 0 saturated carbocycles. The van der Waals surface area contributed by atoms with Crippen LogP contribution in [0.3, 0.4) is 0 Å². The van der Waals surface area contributed by atoms with Gasteiger partial charge in [0.15, 0.2) is 0 Å². The fourth-order valence-electron chi connectivity index (χ4n) is 1.11. The Kier molecular flexibility index (Phi) is 1.33. The fraction of sp³-hybridized carbons (Fsp3) is 0. The van der Waals surface area contributed by atoms with Crippen LogP contribution >= 0.6 is 0 Å². The van der Waals surface area contributed by atoms with Gasteiger partial charge >= 0.3 is 0 Å². The molecule has 12 heavy (non-hydrogen) atoms. The van der Waals surface area contributed by atoms with Crippen molar-refractivity contribution in [1.29, 1.82) is 0 Å². The van der Waals surface area contributed by atoms with E-state index in [0.717, 1.165) is 5.56 Å². The maximum Gasteiger partial charge on any atom is 0.251 e. The molecule has 0 amide bonds. The van der Waals surface area contributed by atoms with Crippen molar-refractivity contribution >= 4 is 0 Å². The summed E-state index contributed by atoms with van der Waals surface area (Å²) in [7, 11) is 0. The van der Waals surface area contributed by atoms with Crippen molar-refractivity contribution in [2.24, 2.45) is 0 Å². The van der Waals surface area contributed by atoms with Crippen molar-refractivity contribution in [2.75, 3.05) is 0 Å². The lowest BCUT2D eigenvalue weighted by Crippen LogP contribution is -2.14. The molecule has 4 heteroatoms. The van der Waals surface area contributed by atoms with E-state index in [1.54, 1.807) is 18.2 Å². The van der Waals surface area contributed by atoms with E-state index in [1.165, 1.54) is 18.6 Å². The third-order valence-electron chi connectivity index (χ3n) is 1.68. The van der Waals surface area contributed by atoms with Gasteiger partial charge in [0.2, 0.25) is 6.20 Å². The van der Waals surface area contributed by atoms with Crippen LogP contribution in [-0.2, 0) is 0 Å². The molecule has 2 aliphatic rings. The molecule has 0 aliphatic carbocycles. The molecular formula is C8H6N2O2. The first-order chi connectivity index (χ1) is 5.77. The summed E-state index contributed by atoms with van der Waals surface area (Å²) in [6, 6.07) is 5.03. The topological polar surface area (TPSA) is 51.0 Å². The SMILES string of the molecule is O=[n+]1ccc2cccn([O-])c-2c1. The molecule has 0 radical (unpaired) electrons. The van der Waals surface area contributed by atoms with Gasteiger partial charge < -0.3 is 9.94 Å². The Bertz CT molecular complexity index is 436. The molecule has 0 atom stereocenters. The van der Waals surface area contributed by atoms with Crippen molar-refractivity contribution in [1.82, 2.24) is 4.73 Å². The Morgan fingerprint density at radius 1 is 1.42 bits per heavy atom. The average Bonchev–Trinajstić information content (AvgIpc) is 2.07. The third kappa shape index (κ3) is 0.934. The van der Waals surface area contributed by atoms with E-state index < -0.39 is 0 Å². The van der Waals surface area contributed by atoms with Gasteiger partial charge in [0, 0.05) is 16.5 Å². The Labute approximate surface area is 68.2 Å². The molecule has 2 heterocycles. The summed E-state index contributed by atoms with van der Waals surface area (Å²) in [6.07, 6.45) is 3.98. The number of nitrogens with zero attached hydrogens (tertiary/aromatic N) is 2. The fourth-order valence-corrected chi connectivity index (χ4v) is 1.11. The molecule has 0 aromatic rings. The lowest BCUT2D eigenvalue weighted by atomic mass is 10.2. The minimum atomic E-state index is 0.384. The van der Waals surface area contributed by atoms with Gasteiger partial charge in [-0.15, -0.1) is 0 Å². The second kappa shape index (κ2) is 2.34. The highest BCUT2D eigenvalue weighted by atomic mass is 16.5. The zero-order valence-corrected chi connectivity index (χ0v) is 6.18. The quantitative estimate of drug-likeness (QED) is 0.539. The van der Waals surface area contributed by atoms with Crippen LogP contribution in [0.4, 0.5) is 0 Å². The van der Waals surface area contributed by atoms with Gasteiger partial charge in [-0.3, -0.25) is 0 Å². The Balaban J connectivity index is 2.87. The Morgan fingerprint density at radius 3 is 3.08 bits per heavy atom. The molecular weight excluding hydrogens is 156 g/mol. The van der Waals surface area contributed by atoms with E-state index in [-0.39, 0.29) is 0 Å². The molecule has 0 unspecified atom stereocenters. The van der Waals surface area contributed by atoms with Crippen LogP contribution in [0.5, 0.6) is 0 Å². The normalized spacial score (nSPS) is 10.3. The molecule has 2 rings (SSSR count). The number of rotatable bonds is 0. The number of hydrogen-bond acceptors (Lipinski definition) is 2. The third-order valence-corrected chi connectivity index (χ3v) is 1.68. The molecule has 0 spiro atoms. The van der Waals surface area contributed by atoms with Gasteiger partial charge in [-0.1, -0.05) is 6.07 Å². The molecule has 0 bridgehead atoms. The van der Waals surface area contributed by atoms with Crippen LogP contribution < -0.4 is 4.43 Å². The minimum Gasteiger partial charge on any atom is -0.805 e. The van der Waals surface area contributed by atoms with Gasteiger partial charge in [0.25, 0.3) is 6.20 Å². The molecule has 0 fully saturated rings. The van der Waals surface area contributed by atoms with E-state index in [1.807, 2.05) is 0 Å². The predicted molar refractivity (Wildman–Crippen MR) is 43.2 cm³/mol. The second-order valence-electron chi connectivity index (χ2n) is 2.48. The van der Waals surface area contributed by atoms with Crippen LogP contribution in [0, 0.1) is 10.1 Å². The van der Waals surface area contributed by atoms with Crippen LogP contribution in [0.2, 0.25) is 0 Å². The van der Waals surface area contributed by atoms with Gasteiger partial charge in [-0.2, -0.15) is 0 Å². The largest absolute Gasteiger partial charge is 0.805 e. The van der Waals surface area contributed by atoms with Crippen molar-refractivity contribution in [2.45, 2.75) is 0 Å². The molecule has 0 N–H and O–H groups in total. The number of hydrogen-bond donors (Lipinski definition) is 0. The summed E-state index contributed by atoms with van der Waals surface area (Å²) >= 11 is 0. The van der Waals surface area contributed by atoms with Gasteiger partial charge in [0.05, 0.1) is 4.43 Å². The van der Waals surface area contributed by atoms with Crippen molar-refractivity contribution in [3.05, 3.63) is 46.9 Å². The molecule has 0 saturated heterocycles. The van der Waals surface area contributed by atoms with Crippen molar-refractivity contribution in [3.63, 3.8) is 0 Å². The first-order valence-corrected chi connectivity index (χ1v) is 3.48. The lowest BCUT2D eigenvalue weighted by molar-refractivity contribution is -0.494. The maximum atomic E-state index is 11.1. The highest BCUT2D eigenvalue weighted by Gasteiger charge is 2.05. The number of aromatic nitrogens is 2. The second-order valence-corrected chi connectivity index (χ2v) is 2.48. The first kappa shape index (κ1) is 6.84. The minimum absolute atomic E-state index is 0.384. The van der Waals surface area contributed by atoms with Crippen LogP contribution in [0.1, 0.15) is 0 Å². The van der Waals surface area contributed by atoms with Crippen LogP contribution in [0.25, 0.3) is 11.3 Å². The summed E-state index contributed by atoms with van der Waals surface area (Å²) < 4.78 is 1.28. The van der Waals surface area contributed by atoms with Crippen LogP contribution in [-0.4, -0.2) is 4.73 Å². The molecule has 4 nitrogen and oxygen atoms in total. The Hall–Kier alpha value is -1.84.